The van der Waals surface area contributed by atoms with Crippen LogP contribution in [-0.2, 0) is 10.0 Å². The number of nitro groups is 1. The lowest BCUT2D eigenvalue weighted by Crippen LogP contribution is -2.37. The zero-order chi connectivity index (χ0) is 14.6. The van der Waals surface area contributed by atoms with Gasteiger partial charge in [0.25, 0.3) is 5.69 Å². The molecular formula is C11H16N2O5S. The van der Waals surface area contributed by atoms with Crippen LogP contribution in [0.15, 0.2) is 23.1 Å². The molecule has 1 aromatic rings. The van der Waals surface area contributed by atoms with Crippen molar-refractivity contribution in [1.82, 2.24) is 4.72 Å². The van der Waals surface area contributed by atoms with E-state index >= 15 is 0 Å². The molecule has 8 heteroatoms. The van der Waals surface area contributed by atoms with Gasteiger partial charge in [0.2, 0.25) is 10.0 Å². The minimum Gasteiger partial charge on any atom is -0.395 e. The van der Waals surface area contributed by atoms with Crippen molar-refractivity contribution in [2.24, 2.45) is 0 Å². The van der Waals surface area contributed by atoms with E-state index in [1.54, 1.807) is 6.92 Å². The second kappa shape index (κ2) is 6.09. The summed E-state index contributed by atoms with van der Waals surface area (Å²) in [6.45, 7) is 2.83. The van der Waals surface area contributed by atoms with Crippen LogP contribution in [-0.4, -0.2) is 31.1 Å². The molecule has 2 N–H and O–H groups in total. The third-order valence-corrected chi connectivity index (χ3v) is 4.40. The molecule has 106 valence electrons. The highest BCUT2D eigenvalue weighted by Gasteiger charge is 2.29. The van der Waals surface area contributed by atoms with Crippen molar-refractivity contribution in [2.45, 2.75) is 31.2 Å². The average molecular weight is 288 g/mol. The number of hydrogen-bond acceptors (Lipinski definition) is 5. The van der Waals surface area contributed by atoms with Crippen LogP contribution >= 0.6 is 0 Å². The summed E-state index contributed by atoms with van der Waals surface area (Å²) in [7, 11) is -4.04. The van der Waals surface area contributed by atoms with Gasteiger partial charge < -0.3 is 5.11 Å². The van der Waals surface area contributed by atoms with Gasteiger partial charge in [-0.2, -0.15) is 0 Å². The van der Waals surface area contributed by atoms with Crippen molar-refractivity contribution in [3.8, 4) is 0 Å². The molecule has 0 spiro atoms. The van der Waals surface area contributed by atoms with Gasteiger partial charge in [-0.3, -0.25) is 10.1 Å². The Bertz CT molecular complexity index is 566. The standard InChI is InChI=1S/C11H16N2O5S/c1-3-9(7-14)12-19(17,18)11-8(2)5-4-6-10(11)13(15)16/h4-6,9,12,14H,3,7H2,1-2H3/t9-/m0/s1. The highest BCUT2D eigenvalue weighted by molar-refractivity contribution is 7.89. The van der Waals surface area contributed by atoms with Crippen LogP contribution in [0, 0.1) is 17.0 Å². The number of nitrogens with zero attached hydrogens (tertiary/aromatic N) is 1. The number of benzene rings is 1. The Morgan fingerprint density at radius 3 is 2.58 bits per heavy atom. The van der Waals surface area contributed by atoms with Crippen LogP contribution < -0.4 is 4.72 Å². The highest BCUT2D eigenvalue weighted by atomic mass is 32.2. The molecule has 7 nitrogen and oxygen atoms in total. The van der Waals surface area contributed by atoms with E-state index in [2.05, 4.69) is 4.72 Å². The van der Waals surface area contributed by atoms with Gasteiger partial charge in [0.05, 0.1) is 11.5 Å². The molecule has 0 saturated carbocycles. The lowest BCUT2D eigenvalue weighted by Gasteiger charge is -2.15. The molecule has 19 heavy (non-hydrogen) atoms. The summed E-state index contributed by atoms with van der Waals surface area (Å²) in [5.41, 5.74) is -0.185. The molecule has 0 bridgehead atoms. The third kappa shape index (κ3) is 3.49. The Kier molecular flexibility index (Phi) is 4.98. The lowest BCUT2D eigenvalue weighted by molar-refractivity contribution is -0.387. The Morgan fingerprint density at radius 1 is 1.47 bits per heavy atom. The van der Waals surface area contributed by atoms with E-state index in [9.17, 15) is 18.5 Å². The zero-order valence-electron chi connectivity index (χ0n) is 10.7. The molecular weight excluding hydrogens is 272 g/mol. The van der Waals surface area contributed by atoms with Gasteiger partial charge in [-0.1, -0.05) is 19.1 Å². The van der Waals surface area contributed by atoms with Crippen molar-refractivity contribution < 1.29 is 18.4 Å². The van der Waals surface area contributed by atoms with Gasteiger partial charge in [-0.15, -0.1) is 0 Å². The summed E-state index contributed by atoms with van der Waals surface area (Å²) in [4.78, 5) is 9.82. The average Bonchev–Trinajstić information content (AvgIpc) is 2.35. The van der Waals surface area contributed by atoms with Crippen molar-refractivity contribution in [2.75, 3.05) is 6.61 Å². The maximum atomic E-state index is 12.2. The van der Waals surface area contributed by atoms with Crippen LogP contribution in [0.3, 0.4) is 0 Å². The van der Waals surface area contributed by atoms with Crippen LogP contribution in [0.4, 0.5) is 5.69 Å². The number of aliphatic hydroxyl groups excluding tert-OH is 1. The van der Waals surface area contributed by atoms with Crippen LogP contribution in [0.5, 0.6) is 0 Å². The normalized spacial score (nSPS) is 13.2. The van der Waals surface area contributed by atoms with Gasteiger partial charge in [0, 0.05) is 12.1 Å². The monoisotopic (exact) mass is 288 g/mol. The topological polar surface area (TPSA) is 110 Å². The van der Waals surface area contributed by atoms with Gasteiger partial charge in [-0.05, 0) is 18.9 Å². The molecule has 0 aromatic heterocycles. The quantitative estimate of drug-likeness (QED) is 0.598. The number of aryl methyl sites for hydroxylation is 1. The van der Waals surface area contributed by atoms with Crippen LogP contribution in [0.2, 0.25) is 0 Å². The van der Waals surface area contributed by atoms with Crippen molar-refractivity contribution in [3.05, 3.63) is 33.9 Å². The Morgan fingerprint density at radius 2 is 2.11 bits per heavy atom. The van der Waals surface area contributed by atoms with E-state index in [4.69, 9.17) is 5.11 Å². The lowest BCUT2D eigenvalue weighted by atomic mass is 10.2. The van der Waals surface area contributed by atoms with Crippen LogP contribution in [0.1, 0.15) is 18.9 Å². The predicted molar refractivity (Wildman–Crippen MR) is 69.3 cm³/mol. The highest BCUT2D eigenvalue weighted by Crippen LogP contribution is 2.26. The second-order valence-electron chi connectivity index (χ2n) is 4.09. The van der Waals surface area contributed by atoms with Crippen molar-refractivity contribution in [1.29, 1.82) is 0 Å². The first-order valence-electron chi connectivity index (χ1n) is 5.70. The van der Waals surface area contributed by atoms with E-state index < -0.39 is 26.7 Å². The third-order valence-electron chi connectivity index (χ3n) is 2.69. The molecule has 0 radical (unpaired) electrons. The van der Waals surface area contributed by atoms with E-state index in [1.165, 1.54) is 19.1 Å². The minimum absolute atomic E-state index is 0.287. The summed E-state index contributed by atoms with van der Waals surface area (Å²) in [6, 6.07) is 3.39. The molecule has 0 aliphatic carbocycles. The maximum Gasteiger partial charge on any atom is 0.289 e. The fourth-order valence-corrected chi connectivity index (χ4v) is 3.37. The summed E-state index contributed by atoms with van der Waals surface area (Å²) in [5.74, 6) is 0. The van der Waals surface area contributed by atoms with Crippen LogP contribution in [0.25, 0.3) is 0 Å². The number of rotatable bonds is 6. The number of hydrogen-bond donors (Lipinski definition) is 2. The summed E-state index contributed by atoms with van der Waals surface area (Å²) in [6.07, 6.45) is 0.384. The Labute approximate surface area is 111 Å². The fourth-order valence-electron chi connectivity index (χ4n) is 1.66. The Balaban J connectivity index is 3.32. The van der Waals surface area contributed by atoms with E-state index in [-0.39, 0.29) is 17.1 Å². The molecule has 0 amide bonds. The molecule has 0 aliphatic heterocycles. The molecule has 1 atom stereocenters. The second-order valence-corrected chi connectivity index (χ2v) is 5.74. The van der Waals surface area contributed by atoms with Gasteiger partial charge in [-0.25, -0.2) is 13.1 Å². The van der Waals surface area contributed by atoms with Crippen molar-refractivity contribution in [3.63, 3.8) is 0 Å². The fraction of sp³-hybridized carbons (Fsp3) is 0.455. The summed E-state index contributed by atoms with van der Waals surface area (Å²) >= 11 is 0. The van der Waals surface area contributed by atoms with Crippen molar-refractivity contribution >= 4 is 15.7 Å². The molecule has 0 unspecified atom stereocenters. The predicted octanol–water partition coefficient (Wildman–Crippen LogP) is 0.952. The molecule has 1 rings (SSSR count). The summed E-state index contributed by atoms with van der Waals surface area (Å²) in [5, 5.41) is 19.9. The molecule has 1 aromatic carbocycles. The number of aliphatic hydroxyl groups is 1. The van der Waals surface area contributed by atoms with E-state index in [0.717, 1.165) is 6.07 Å². The van der Waals surface area contributed by atoms with Gasteiger partial charge in [0.1, 0.15) is 0 Å². The minimum atomic E-state index is -4.04. The first-order chi connectivity index (χ1) is 8.83. The zero-order valence-corrected chi connectivity index (χ0v) is 11.5. The van der Waals surface area contributed by atoms with Gasteiger partial charge >= 0.3 is 0 Å². The largest absolute Gasteiger partial charge is 0.395 e. The van der Waals surface area contributed by atoms with E-state index in [1.807, 2.05) is 0 Å². The Hall–Kier alpha value is -1.51. The smallest absolute Gasteiger partial charge is 0.289 e. The molecule has 0 aliphatic rings. The SMILES string of the molecule is CC[C@@H](CO)NS(=O)(=O)c1c(C)cccc1[N+](=O)[O-]. The number of nitrogens with one attached hydrogen (secondary N) is 1. The molecule has 0 fully saturated rings. The van der Waals surface area contributed by atoms with E-state index in [0.29, 0.717) is 6.42 Å². The first kappa shape index (κ1) is 15.5. The maximum absolute atomic E-state index is 12.2. The summed E-state index contributed by atoms with van der Waals surface area (Å²) < 4.78 is 26.6. The number of nitro benzene ring substituents is 1. The number of sulfonamides is 1. The first-order valence-corrected chi connectivity index (χ1v) is 7.19. The molecule has 0 saturated heterocycles. The molecule has 0 heterocycles. The van der Waals surface area contributed by atoms with Gasteiger partial charge in [0.15, 0.2) is 4.90 Å².